The van der Waals surface area contributed by atoms with Gasteiger partial charge in [-0.2, -0.15) is 0 Å². The fraction of sp³-hybridized carbons (Fsp3) is 0.923. The molecule has 2 aliphatic rings. The number of rotatable bonds is 3. The number of likely N-dealkylation sites (N-methyl/N-ethyl adjacent to an activating group) is 1. The Morgan fingerprint density at radius 3 is 2.59 bits per heavy atom. The molecule has 0 bridgehead atoms. The predicted octanol–water partition coefficient (Wildman–Crippen LogP) is 0.811. The van der Waals surface area contributed by atoms with Gasteiger partial charge < -0.3 is 10.6 Å². The van der Waals surface area contributed by atoms with E-state index in [0.29, 0.717) is 12.6 Å². The highest BCUT2D eigenvalue weighted by atomic mass is 16.2. The summed E-state index contributed by atoms with van der Waals surface area (Å²) in [5.74, 6) is 0.278. The van der Waals surface area contributed by atoms with Gasteiger partial charge in [-0.15, -0.1) is 0 Å². The molecule has 0 spiro atoms. The Morgan fingerprint density at radius 2 is 1.94 bits per heavy atom. The highest BCUT2D eigenvalue weighted by Gasteiger charge is 2.35. The van der Waals surface area contributed by atoms with Gasteiger partial charge in [-0.25, -0.2) is 0 Å². The maximum absolute atomic E-state index is 12.3. The summed E-state index contributed by atoms with van der Waals surface area (Å²) in [6, 6.07) is 0.664. The Kier molecular flexibility index (Phi) is 4.40. The van der Waals surface area contributed by atoms with Crippen LogP contribution >= 0.6 is 0 Å². The van der Waals surface area contributed by atoms with Crippen molar-refractivity contribution >= 4 is 5.91 Å². The number of amides is 1. The number of hydrogen-bond acceptors (Lipinski definition) is 3. The molecule has 2 N–H and O–H groups in total. The van der Waals surface area contributed by atoms with Gasteiger partial charge in [-0.3, -0.25) is 9.69 Å². The molecule has 1 atom stereocenters. The van der Waals surface area contributed by atoms with Crippen molar-refractivity contribution in [2.45, 2.75) is 50.6 Å². The minimum atomic E-state index is 0.0376. The number of carbonyl (C=O) groups is 1. The van der Waals surface area contributed by atoms with E-state index in [4.69, 9.17) is 5.73 Å². The lowest BCUT2D eigenvalue weighted by atomic mass is 10.1. The molecule has 0 aromatic carbocycles. The number of carbonyl (C=O) groups excluding carboxylic acids is 1. The fourth-order valence-corrected chi connectivity index (χ4v) is 3.27. The third kappa shape index (κ3) is 2.80. The first kappa shape index (κ1) is 12.8. The molecule has 17 heavy (non-hydrogen) atoms. The van der Waals surface area contributed by atoms with Crippen LogP contribution in [-0.2, 0) is 4.79 Å². The third-order valence-corrected chi connectivity index (χ3v) is 4.21. The average molecular weight is 239 g/mol. The topological polar surface area (TPSA) is 49.6 Å². The smallest absolute Gasteiger partial charge is 0.239 e. The van der Waals surface area contributed by atoms with Gasteiger partial charge in [0.25, 0.3) is 0 Å². The zero-order valence-electron chi connectivity index (χ0n) is 10.9. The molecule has 0 aromatic rings. The summed E-state index contributed by atoms with van der Waals surface area (Å²) in [4.78, 5) is 16.7. The monoisotopic (exact) mass is 239 g/mol. The van der Waals surface area contributed by atoms with Gasteiger partial charge in [0.05, 0.1) is 6.04 Å². The van der Waals surface area contributed by atoms with Gasteiger partial charge in [-0.05, 0) is 32.2 Å². The molecule has 4 nitrogen and oxygen atoms in total. The number of nitrogens with two attached hydrogens (primary N) is 1. The first-order valence-electron chi connectivity index (χ1n) is 6.95. The van der Waals surface area contributed by atoms with E-state index in [-0.39, 0.29) is 11.9 Å². The molecule has 0 radical (unpaired) electrons. The second-order valence-corrected chi connectivity index (χ2v) is 5.38. The normalized spacial score (nSPS) is 28.7. The van der Waals surface area contributed by atoms with E-state index in [0.717, 1.165) is 25.9 Å². The van der Waals surface area contributed by atoms with Crippen LogP contribution in [0.5, 0.6) is 0 Å². The molecule has 1 unspecified atom stereocenters. The van der Waals surface area contributed by atoms with Crippen LogP contribution in [-0.4, -0.2) is 54.5 Å². The van der Waals surface area contributed by atoms with Crippen LogP contribution in [0.2, 0.25) is 0 Å². The van der Waals surface area contributed by atoms with Crippen LogP contribution < -0.4 is 5.73 Å². The van der Waals surface area contributed by atoms with Crippen molar-refractivity contribution in [1.29, 1.82) is 0 Å². The van der Waals surface area contributed by atoms with E-state index < -0.39 is 0 Å². The maximum Gasteiger partial charge on any atom is 0.239 e. The summed E-state index contributed by atoms with van der Waals surface area (Å²) in [6.45, 7) is 2.56. The van der Waals surface area contributed by atoms with Crippen LogP contribution in [0.15, 0.2) is 0 Å². The summed E-state index contributed by atoms with van der Waals surface area (Å²) in [5.41, 5.74) is 5.68. The standard InChI is InChI=1S/C13H25N3O/c1-15-9-4-10-16(11-5-2-3-6-11)12(7-8-14)13(15)17/h11-12H,2-10,14H2,1H3. The van der Waals surface area contributed by atoms with Crippen molar-refractivity contribution < 1.29 is 4.79 Å². The molecule has 1 saturated carbocycles. The summed E-state index contributed by atoms with van der Waals surface area (Å²) >= 11 is 0. The van der Waals surface area contributed by atoms with Crippen LogP contribution in [0.4, 0.5) is 0 Å². The lowest BCUT2D eigenvalue weighted by molar-refractivity contribution is -0.135. The van der Waals surface area contributed by atoms with Crippen LogP contribution in [0, 0.1) is 0 Å². The molecule has 1 aliphatic heterocycles. The van der Waals surface area contributed by atoms with E-state index in [1.54, 1.807) is 0 Å². The van der Waals surface area contributed by atoms with E-state index >= 15 is 0 Å². The molecule has 0 aromatic heterocycles. The van der Waals surface area contributed by atoms with Crippen molar-refractivity contribution in [2.24, 2.45) is 5.73 Å². The number of hydrogen-bond donors (Lipinski definition) is 1. The van der Waals surface area contributed by atoms with Crippen LogP contribution in [0.1, 0.15) is 38.5 Å². The Balaban J connectivity index is 2.11. The summed E-state index contributed by atoms with van der Waals surface area (Å²) in [5, 5.41) is 0. The van der Waals surface area contributed by atoms with Crippen LogP contribution in [0.3, 0.4) is 0 Å². The Hall–Kier alpha value is -0.610. The molecular formula is C13H25N3O. The van der Waals surface area contributed by atoms with Crippen molar-refractivity contribution in [3.05, 3.63) is 0 Å². The zero-order chi connectivity index (χ0) is 12.3. The van der Waals surface area contributed by atoms with Crippen molar-refractivity contribution in [1.82, 2.24) is 9.80 Å². The molecule has 4 heteroatoms. The molecule has 2 rings (SSSR count). The van der Waals surface area contributed by atoms with Gasteiger partial charge >= 0.3 is 0 Å². The molecule has 1 amide bonds. The first-order valence-corrected chi connectivity index (χ1v) is 6.95. The van der Waals surface area contributed by atoms with E-state index in [9.17, 15) is 4.79 Å². The Labute approximate surface area is 104 Å². The summed E-state index contributed by atoms with van der Waals surface area (Å²) in [7, 11) is 1.92. The van der Waals surface area contributed by atoms with E-state index in [2.05, 4.69) is 4.90 Å². The first-order chi connectivity index (χ1) is 8.24. The van der Waals surface area contributed by atoms with Crippen LogP contribution in [0.25, 0.3) is 0 Å². The van der Waals surface area contributed by atoms with E-state index in [1.807, 2.05) is 11.9 Å². The fourth-order valence-electron chi connectivity index (χ4n) is 3.27. The van der Waals surface area contributed by atoms with Gasteiger partial charge in [0.1, 0.15) is 0 Å². The van der Waals surface area contributed by atoms with E-state index in [1.165, 1.54) is 25.7 Å². The second-order valence-electron chi connectivity index (χ2n) is 5.38. The summed E-state index contributed by atoms with van der Waals surface area (Å²) in [6.07, 6.45) is 7.07. The van der Waals surface area contributed by atoms with Crippen molar-refractivity contribution in [3.8, 4) is 0 Å². The molecule has 2 fully saturated rings. The highest BCUT2D eigenvalue weighted by molar-refractivity contribution is 5.82. The van der Waals surface area contributed by atoms with Gasteiger partial charge in [-0.1, -0.05) is 12.8 Å². The minimum Gasteiger partial charge on any atom is -0.344 e. The van der Waals surface area contributed by atoms with Gasteiger partial charge in [0, 0.05) is 26.2 Å². The highest BCUT2D eigenvalue weighted by Crippen LogP contribution is 2.27. The summed E-state index contributed by atoms with van der Waals surface area (Å²) < 4.78 is 0. The Bertz CT molecular complexity index is 263. The predicted molar refractivity (Wildman–Crippen MR) is 68.7 cm³/mol. The number of nitrogens with zero attached hydrogens (tertiary/aromatic N) is 2. The zero-order valence-corrected chi connectivity index (χ0v) is 10.9. The van der Waals surface area contributed by atoms with Gasteiger partial charge in [0.2, 0.25) is 5.91 Å². The lowest BCUT2D eigenvalue weighted by Gasteiger charge is -2.34. The average Bonchev–Trinajstić information content (AvgIpc) is 2.80. The third-order valence-electron chi connectivity index (χ3n) is 4.21. The van der Waals surface area contributed by atoms with Gasteiger partial charge in [0.15, 0.2) is 0 Å². The largest absolute Gasteiger partial charge is 0.344 e. The second kappa shape index (κ2) is 5.83. The SMILES string of the molecule is CN1CCCN(C2CCCC2)C(CCN)C1=O. The molecule has 98 valence electrons. The van der Waals surface area contributed by atoms with Crippen molar-refractivity contribution in [3.63, 3.8) is 0 Å². The molecule has 1 heterocycles. The molecule has 1 aliphatic carbocycles. The lowest BCUT2D eigenvalue weighted by Crippen LogP contribution is -2.49. The minimum absolute atomic E-state index is 0.0376. The quantitative estimate of drug-likeness (QED) is 0.793. The molecule has 1 saturated heterocycles. The Morgan fingerprint density at radius 1 is 1.24 bits per heavy atom. The maximum atomic E-state index is 12.3. The van der Waals surface area contributed by atoms with Crippen molar-refractivity contribution in [2.75, 3.05) is 26.7 Å². The molecular weight excluding hydrogens is 214 g/mol.